The lowest BCUT2D eigenvalue weighted by Gasteiger charge is -2.22. The summed E-state index contributed by atoms with van der Waals surface area (Å²) < 4.78 is 0. The summed E-state index contributed by atoms with van der Waals surface area (Å²) in [5, 5.41) is 3.51. The van der Waals surface area contributed by atoms with Gasteiger partial charge in [-0.3, -0.25) is 4.79 Å². The molecule has 1 aliphatic carbocycles. The lowest BCUT2D eigenvalue weighted by atomic mass is 10.0. The second-order valence-electron chi connectivity index (χ2n) is 6.01. The molecule has 1 atom stereocenters. The third kappa shape index (κ3) is 7.56. The van der Waals surface area contributed by atoms with Crippen molar-refractivity contribution >= 4 is 5.91 Å². The van der Waals surface area contributed by atoms with Gasteiger partial charge in [0.05, 0.1) is 6.04 Å². The number of rotatable bonds is 9. The zero-order valence-corrected chi connectivity index (χ0v) is 12.6. The normalized spacial score (nSPS) is 19.0. The largest absolute Gasteiger partial charge is 0.368 e. The van der Waals surface area contributed by atoms with Gasteiger partial charge in [-0.25, -0.2) is 0 Å². The van der Waals surface area contributed by atoms with Crippen molar-refractivity contribution in [2.24, 2.45) is 5.73 Å². The van der Waals surface area contributed by atoms with Gasteiger partial charge in [0, 0.05) is 6.04 Å². The van der Waals surface area contributed by atoms with E-state index in [1.54, 1.807) is 0 Å². The maximum Gasteiger partial charge on any atom is 0.234 e. The first-order valence-electron chi connectivity index (χ1n) is 8.29. The van der Waals surface area contributed by atoms with Crippen LogP contribution in [0.4, 0.5) is 0 Å². The van der Waals surface area contributed by atoms with Gasteiger partial charge in [0.25, 0.3) is 0 Å². The van der Waals surface area contributed by atoms with Crippen molar-refractivity contribution < 1.29 is 4.79 Å². The number of hydrogen-bond donors (Lipinski definition) is 2. The Morgan fingerprint density at radius 1 is 1.11 bits per heavy atom. The third-order valence-electron chi connectivity index (χ3n) is 4.23. The van der Waals surface area contributed by atoms with Gasteiger partial charge in [0.15, 0.2) is 0 Å². The molecule has 0 aromatic rings. The smallest absolute Gasteiger partial charge is 0.234 e. The van der Waals surface area contributed by atoms with E-state index < -0.39 is 0 Å². The molecule has 1 rings (SSSR count). The van der Waals surface area contributed by atoms with Crippen LogP contribution in [0.15, 0.2) is 0 Å². The number of hydrogen-bond acceptors (Lipinski definition) is 2. The first-order chi connectivity index (χ1) is 9.24. The van der Waals surface area contributed by atoms with E-state index in [0.717, 1.165) is 12.8 Å². The minimum absolute atomic E-state index is 0.107. The van der Waals surface area contributed by atoms with Gasteiger partial charge < -0.3 is 11.1 Å². The van der Waals surface area contributed by atoms with Crippen molar-refractivity contribution in [2.45, 2.75) is 96.1 Å². The van der Waals surface area contributed by atoms with E-state index in [1.165, 1.54) is 64.2 Å². The van der Waals surface area contributed by atoms with E-state index in [1.807, 2.05) is 0 Å². The standard InChI is InChI=1S/C16H32N2O/c1-2-3-4-5-10-13-15(16(17)19)18-14-11-8-6-7-9-12-14/h14-15,18H,2-13H2,1H3,(H2,17,19). The highest BCUT2D eigenvalue weighted by Gasteiger charge is 2.20. The number of carbonyl (C=O) groups excluding carboxylic acids is 1. The summed E-state index contributed by atoms with van der Waals surface area (Å²) in [4.78, 5) is 11.5. The monoisotopic (exact) mass is 268 g/mol. The molecular weight excluding hydrogens is 236 g/mol. The van der Waals surface area contributed by atoms with Crippen LogP contribution < -0.4 is 11.1 Å². The minimum Gasteiger partial charge on any atom is -0.368 e. The van der Waals surface area contributed by atoms with Crippen molar-refractivity contribution in [3.05, 3.63) is 0 Å². The lowest BCUT2D eigenvalue weighted by molar-refractivity contribution is -0.120. The molecule has 0 aromatic heterocycles. The molecule has 0 bridgehead atoms. The molecule has 0 radical (unpaired) electrons. The number of nitrogens with two attached hydrogens (primary N) is 1. The van der Waals surface area contributed by atoms with E-state index in [4.69, 9.17) is 5.73 Å². The first kappa shape index (κ1) is 16.5. The van der Waals surface area contributed by atoms with Crippen LogP contribution in [-0.2, 0) is 4.79 Å². The van der Waals surface area contributed by atoms with Gasteiger partial charge in [-0.1, -0.05) is 64.7 Å². The number of unbranched alkanes of at least 4 members (excludes halogenated alkanes) is 4. The van der Waals surface area contributed by atoms with Gasteiger partial charge in [-0.2, -0.15) is 0 Å². The summed E-state index contributed by atoms with van der Waals surface area (Å²) in [5.41, 5.74) is 5.53. The quantitative estimate of drug-likeness (QED) is 0.496. The number of amides is 1. The van der Waals surface area contributed by atoms with Gasteiger partial charge >= 0.3 is 0 Å². The number of nitrogens with one attached hydrogen (secondary N) is 1. The Morgan fingerprint density at radius 3 is 2.32 bits per heavy atom. The fourth-order valence-corrected chi connectivity index (χ4v) is 2.99. The molecule has 19 heavy (non-hydrogen) atoms. The molecule has 0 aromatic carbocycles. The highest BCUT2D eigenvalue weighted by atomic mass is 16.1. The van der Waals surface area contributed by atoms with Crippen LogP contribution in [0.2, 0.25) is 0 Å². The number of carbonyl (C=O) groups is 1. The molecule has 1 aliphatic rings. The van der Waals surface area contributed by atoms with Crippen LogP contribution in [-0.4, -0.2) is 18.0 Å². The second-order valence-corrected chi connectivity index (χ2v) is 6.01. The summed E-state index contributed by atoms with van der Waals surface area (Å²) >= 11 is 0. The summed E-state index contributed by atoms with van der Waals surface area (Å²) in [6.07, 6.45) is 14.8. The van der Waals surface area contributed by atoms with E-state index in [2.05, 4.69) is 12.2 Å². The van der Waals surface area contributed by atoms with Crippen molar-refractivity contribution in [3.63, 3.8) is 0 Å². The summed E-state index contributed by atoms with van der Waals surface area (Å²) in [7, 11) is 0. The van der Waals surface area contributed by atoms with Crippen LogP contribution in [0.25, 0.3) is 0 Å². The van der Waals surface area contributed by atoms with E-state index in [9.17, 15) is 4.79 Å². The highest BCUT2D eigenvalue weighted by molar-refractivity contribution is 5.79. The maximum absolute atomic E-state index is 11.5. The van der Waals surface area contributed by atoms with Crippen molar-refractivity contribution in [3.8, 4) is 0 Å². The highest BCUT2D eigenvalue weighted by Crippen LogP contribution is 2.18. The second kappa shape index (κ2) is 10.2. The Hall–Kier alpha value is -0.570. The lowest BCUT2D eigenvalue weighted by Crippen LogP contribution is -2.46. The Kier molecular flexibility index (Phi) is 8.89. The van der Waals surface area contributed by atoms with Gasteiger partial charge in [0.1, 0.15) is 0 Å². The fourth-order valence-electron chi connectivity index (χ4n) is 2.99. The molecule has 3 nitrogen and oxygen atoms in total. The van der Waals surface area contributed by atoms with Crippen LogP contribution in [0.3, 0.4) is 0 Å². The van der Waals surface area contributed by atoms with Crippen molar-refractivity contribution in [1.29, 1.82) is 0 Å². The van der Waals surface area contributed by atoms with Crippen molar-refractivity contribution in [1.82, 2.24) is 5.32 Å². The molecule has 1 amide bonds. The predicted octanol–water partition coefficient (Wildman–Crippen LogP) is 3.51. The third-order valence-corrected chi connectivity index (χ3v) is 4.23. The van der Waals surface area contributed by atoms with Crippen molar-refractivity contribution in [2.75, 3.05) is 0 Å². The van der Waals surface area contributed by atoms with Gasteiger partial charge in [-0.05, 0) is 19.3 Å². The van der Waals surface area contributed by atoms with Crippen LogP contribution in [0.5, 0.6) is 0 Å². The average molecular weight is 268 g/mol. The number of primary amides is 1. The fraction of sp³-hybridized carbons (Fsp3) is 0.938. The van der Waals surface area contributed by atoms with Crippen LogP contribution >= 0.6 is 0 Å². The molecule has 1 fully saturated rings. The van der Waals surface area contributed by atoms with Crippen LogP contribution in [0.1, 0.15) is 84.0 Å². The predicted molar refractivity (Wildman–Crippen MR) is 81.0 cm³/mol. The molecule has 0 saturated heterocycles. The Morgan fingerprint density at radius 2 is 1.74 bits per heavy atom. The molecule has 112 valence electrons. The van der Waals surface area contributed by atoms with Gasteiger partial charge in [-0.15, -0.1) is 0 Å². The van der Waals surface area contributed by atoms with Crippen LogP contribution in [0, 0.1) is 0 Å². The Bertz CT molecular complexity index is 235. The molecular formula is C16H32N2O. The van der Waals surface area contributed by atoms with E-state index in [0.29, 0.717) is 6.04 Å². The summed E-state index contributed by atoms with van der Waals surface area (Å²) in [6.45, 7) is 2.22. The first-order valence-corrected chi connectivity index (χ1v) is 8.29. The van der Waals surface area contributed by atoms with Gasteiger partial charge in [0.2, 0.25) is 5.91 Å². The Labute approximate surface area is 118 Å². The van der Waals surface area contributed by atoms with E-state index in [-0.39, 0.29) is 11.9 Å². The molecule has 3 N–H and O–H groups in total. The SMILES string of the molecule is CCCCCCCC(NC1CCCCCC1)C(N)=O. The topological polar surface area (TPSA) is 55.1 Å². The molecule has 0 spiro atoms. The minimum atomic E-state index is -0.167. The summed E-state index contributed by atoms with van der Waals surface area (Å²) in [5.74, 6) is -0.167. The molecule has 3 heteroatoms. The molecule has 1 saturated carbocycles. The average Bonchev–Trinajstić information content (AvgIpc) is 2.65. The van der Waals surface area contributed by atoms with E-state index >= 15 is 0 Å². The summed E-state index contributed by atoms with van der Waals surface area (Å²) in [6, 6.07) is 0.403. The Balaban J connectivity index is 2.24. The molecule has 0 aliphatic heterocycles. The maximum atomic E-state index is 11.5. The molecule has 0 heterocycles. The molecule has 1 unspecified atom stereocenters. The zero-order chi connectivity index (χ0) is 13.9. The zero-order valence-electron chi connectivity index (χ0n) is 12.6.